The van der Waals surface area contributed by atoms with Crippen LogP contribution in [-0.2, 0) is 0 Å². The van der Waals surface area contributed by atoms with Crippen LogP contribution in [0.2, 0.25) is 0 Å². The van der Waals surface area contributed by atoms with E-state index in [0.29, 0.717) is 12.1 Å². The molecule has 1 atom stereocenters. The van der Waals surface area contributed by atoms with E-state index in [1.165, 1.54) is 0 Å². The number of carbonyl (C=O) groups is 1. The van der Waals surface area contributed by atoms with Gasteiger partial charge in [-0.3, -0.25) is 4.98 Å². The first-order chi connectivity index (χ1) is 16.9. The molecule has 0 aliphatic heterocycles. The van der Waals surface area contributed by atoms with Crippen LogP contribution < -0.4 is 4.74 Å². The first-order valence-electron chi connectivity index (χ1n) is 11.2. The van der Waals surface area contributed by atoms with Crippen molar-refractivity contribution in [1.82, 2.24) is 4.98 Å². The normalized spacial score (nSPS) is 12.2. The van der Waals surface area contributed by atoms with Gasteiger partial charge in [0, 0.05) is 29.8 Å². The van der Waals surface area contributed by atoms with Crippen LogP contribution in [0.1, 0.15) is 40.3 Å². The maximum Gasteiger partial charge on any atom is 0.511 e. The second kappa shape index (κ2) is 10.7. The number of hydrogen-bond donors (Lipinski definition) is 2. The van der Waals surface area contributed by atoms with Crippen molar-refractivity contribution in [2.45, 2.75) is 26.2 Å². The minimum atomic E-state index is -1.34. The van der Waals surface area contributed by atoms with Gasteiger partial charge in [-0.2, -0.15) is 0 Å². The average Bonchev–Trinajstić information content (AvgIpc) is 2.86. The van der Waals surface area contributed by atoms with Gasteiger partial charge in [-0.15, -0.1) is 0 Å². The summed E-state index contributed by atoms with van der Waals surface area (Å²) in [7, 11) is 0. The van der Waals surface area contributed by atoms with Crippen LogP contribution >= 0.6 is 0 Å². The molecule has 1 unspecified atom stereocenters. The lowest BCUT2D eigenvalue weighted by molar-refractivity contribution is 0.144. The highest BCUT2D eigenvalue weighted by molar-refractivity contribution is 6.01. The van der Waals surface area contributed by atoms with Crippen molar-refractivity contribution >= 4 is 11.9 Å². The summed E-state index contributed by atoms with van der Waals surface area (Å²) in [5, 5.41) is 22.4. The van der Waals surface area contributed by atoms with Gasteiger partial charge >= 0.3 is 6.16 Å². The third-order valence-electron chi connectivity index (χ3n) is 5.99. The summed E-state index contributed by atoms with van der Waals surface area (Å²) in [4.78, 5) is 15.0. The van der Waals surface area contributed by atoms with Gasteiger partial charge in [-0.1, -0.05) is 65.8 Å². The fourth-order valence-electron chi connectivity index (χ4n) is 4.27. The number of aromatic nitrogens is 1. The summed E-state index contributed by atoms with van der Waals surface area (Å²) in [6, 6.07) is 27.2. The lowest BCUT2D eigenvalue weighted by Gasteiger charge is -2.22. The molecule has 0 bridgehead atoms. The van der Waals surface area contributed by atoms with Crippen LogP contribution in [0, 0.1) is 13.8 Å². The third-order valence-corrected chi connectivity index (χ3v) is 5.99. The maximum absolute atomic E-state index is 10.8. The van der Waals surface area contributed by atoms with Gasteiger partial charge in [0.05, 0.1) is 5.71 Å². The minimum Gasteiger partial charge on any atom is -0.449 e. The van der Waals surface area contributed by atoms with Crippen LogP contribution in [0.4, 0.5) is 4.79 Å². The summed E-state index contributed by atoms with van der Waals surface area (Å²) >= 11 is 0. The first kappa shape index (κ1) is 23.7. The summed E-state index contributed by atoms with van der Waals surface area (Å²) in [6.07, 6.45) is 0.878. The van der Waals surface area contributed by atoms with Crippen molar-refractivity contribution in [3.8, 4) is 16.9 Å². The second-order valence-corrected chi connectivity index (χ2v) is 8.36. The fraction of sp³-hybridized carbons (Fsp3) is 0.138. The highest BCUT2D eigenvalue weighted by Gasteiger charge is 2.21. The molecule has 4 aromatic rings. The summed E-state index contributed by atoms with van der Waals surface area (Å²) < 4.78 is 4.72. The molecule has 0 fully saturated rings. The van der Waals surface area contributed by atoms with E-state index in [2.05, 4.69) is 41.3 Å². The van der Waals surface area contributed by atoms with Gasteiger partial charge in [0.2, 0.25) is 0 Å². The molecule has 6 nitrogen and oxygen atoms in total. The molecule has 1 heterocycles. The molecule has 4 rings (SSSR count). The molecule has 0 spiro atoms. The van der Waals surface area contributed by atoms with E-state index in [4.69, 9.17) is 9.84 Å². The molecule has 35 heavy (non-hydrogen) atoms. The molecule has 0 saturated heterocycles. The van der Waals surface area contributed by atoms with Crippen molar-refractivity contribution in [2.75, 3.05) is 0 Å². The summed E-state index contributed by atoms with van der Waals surface area (Å²) in [6.45, 7) is 3.99. The zero-order chi connectivity index (χ0) is 24.8. The number of oxime groups is 1. The number of carboxylic acid groups (broad SMARTS) is 1. The SMILES string of the molecule is Cc1cc(/C(CC(c2cccc(-c3ccc(OC(=O)O)cc3)c2)c2ccccc2C)=N/O)ccn1. The van der Waals surface area contributed by atoms with E-state index in [-0.39, 0.29) is 11.7 Å². The van der Waals surface area contributed by atoms with Crippen molar-refractivity contribution in [3.63, 3.8) is 0 Å². The number of pyridine rings is 1. The van der Waals surface area contributed by atoms with E-state index >= 15 is 0 Å². The van der Waals surface area contributed by atoms with E-state index in [1.807, 2.05) is 55.5 Å². The third kappa shape index (κ3) is 5.73. The number of aryl methyl sites for hydroxylation is 2. The zero-order valence-corrected chi connectivity index (χ0v) is 19.6. The van der Waals surface area contributed by atoms with Gasteiger partial charge in [0.25, 0.3) is 0 Å². The van der Waals surface area contributed by atoms with Gasteiger partial charge in [0.15, 0.2) is 0 Å². The number of ether oxygens (including phenoxy) is 1. The Balaban J connectivity index is 1.73. The quantitative estimate of drug-likeness (QED) is 0.102. The number of rotatable bonds is 7. The Morgan fingerprint density at radius 3 is 2.40 bits per heavy atom. The highest BCUT2D eigenvalue weighted by atomic mass is 16.7. The second-order valence-electron chi connectivity index (χ2n) is 8.36. The first-order valence-corrected chi connectivity index (χ1v) is 11.2. The molecule has 3 aromatic carbocycles. The van der Waals surface area contributed by atoms with E-state index in [0.717, 1.165) is 39.1 Å². The van der Waals surface area contributed by atoms with Crippen molar-refractivity contribution in [1.29, 1.82) is 0 Å². The molecule has 2 N–H and O–H groups in total. The predicted octanol–water partition coefficient (Wildman–Crippen LogP) is 6.82. The van der Waals surface area contributed by atoms with Crippen molar-refractivity contribution in [3.05, 3.63) is 119 Å². The number of nitrogens with zero attached hydrogens (tertiary/aromatic N) is 2. The lowest BCUT2D eigenvalue weighted by atomic mass is 9.82. The van der Waals surface area contributed by atoms with Crippen molar-refractivity contribution in [2.24, 2.45) is 5.16 Å². The number of hydrogen-bond acceptors (Lipinski definition) is 5. The highest BCUT2D eigenvalue weighted by Crippen LogP contribution is 2.34. The van der Waals surface area contributed by atoms with Crippen LogP contribution in [-0.4, -0.2) is 27.2 Å². The molecular formula is C29H26N2O4. The Bertz CT molecular complexity index is 1360. The van der Waals surface area contributed by atoms with E-state index in [9.17, 15) is 10.0 Å². The molecule has 0 saturated carbocycles. The van der Waals surface area contributed by atoms with E-state index < -0.39 is 6.16 Å². The molecule has 0 aliphatic carbocycles. The monoisotopic (exact) mass is 466 g/mol. The van der Waals surface area contributed by atoms with Crippen LogP contribution in [0.5, 0.6) is 5.75 Å². The molecule has 0 radical (unpaired) electrons. The topological polar surface area (TPSA) is 92.0 Å². The molecule has 0 amide bonds. The van der Waals surface area contributed by atoms with Crippen LogP contribution in [0.25, 0.3) is 11.1 Å². The standard InChI is InChI=1S/C29H26N2O4/c1-19-6-3-4-9-26(19)27(18-28(31-34)24-14-15-30-20(2)16-24)23-8-5-7-22(17-23)21-10-12-25(13-11-21)35-29(32)33/h3-17,27,34H,18H2,1-2H3,(H,32,33)/b31-28+. The molecule has 1 aromatic heterocycles. The maximum atomic E-state index is 10.8. The number of benzene rings is 3. The van der Waals surface area contributed by atoms with Crippen LogP contribution in [0.3, 0.4) is 0 Å². The Kier molecular flexibility index (Phi) is 7.21. The molecule has 0 aliphatic rings. The predicted molar refractivity (Wildman–Crippen MR) is 135 cm³/mol. The summed E-state index contributed by atoms with van der Waals surface area (Å²) in [5.41, 5.74) is 7.60. The van der Waals surface area contributed by atoms with Crippen molar-refractivity contribution < 1.29 is 19.8 Å². The van der Waals surface area contributed by atoms with Gasteiger partial charge in [-0.05, 0) is 65.9 Å². The Morgan fingerprint density at radius 1 is 0.943 bits per heavy atom. The summed E-state index contributed by atoms with van der Waals surface area (Å²) in [5.74, 6) is 0.219. The Hall–Kier alpha value is -4.45. The smallest absolute Gasteiger partial charge is 0.449 e. The Labute approximate surface area is 204 Å². The lowest BCUT2D eigenvalue weighted by Crippen LogP contribution is -2.12. The Morgan fingerprint density at radius 2 is 1.71 bits per heavy atom. The van der Waals surface area contributed by atoms with Gasteiger partial charge in [0.1, 0.15) is 5.75 Å². The van der Waals surface area contributed by atoms with Gasteiger partial charge < -0.3 is 15.1 Å². The minimum absolute atomic E-state index is 0.0508. The van der Waals surface area contributed by atoms with Crippen LogP contribution in [0.15, 0.2) is 96.3 Å². The molecule has 6 heteroatoms. The largest absolute Gasteiger partial charge is 0.511 e. The zero-order valence-electron chi connectivity index (χ0n) is 19.6. The van der Waals surface area contributed by atoms with E-state index in [1.54, 1.807) is 18.3 Å². The average molecular weight is 467 g/mol. The van der Waals surface area contributed by atoms with Gasteiger partial charge in [-0.25, -0.2) is 4.79 Å². The molecular weight excluding hydrogens is 440 g/mol. The fourth-order valence-corrected chi connectivity index (χ4v) is 4.27. The molecule has 176 valence electrons.